The van der Waals surface area contributed by atoms with Crippen molar-refractivity contribution in [3.05, 3.63) is 29.0 Å². The molecule has 0 unspecified atom stereocenters. The van der Waals surface area contributed by atoms with Crippen LogP contribution in [-0.4, -0.2) is 51.7 Å². The number of hydrogen-bond donors (Lipinski definition) is 0. The Bertz CT molecular complexity index is 817. The highest BCUT2D eigenvalue weighted by Gasteiger charge is 2.45. The van der Waals surface area contributed by atoms with Crippen LogP contribution in [0.25, 0.3) is 5.69 Å². The van der Waals surface area contributed by atoms with E-state index in [1.807, 2.05) is 24.3 Å². The summed E-state index contributed by atoms with van der Waals surface area (Å²) in [5, 5.41) is 8.23. The van der Waals surface area contributed by atoms with Gasteiger partial charge in [-0.1, -0.05) is 6.07 Å². The summed E-state index contributed by atoms with van der Waals surface area (Å²) in [6, 6.07) is 7.05. The second kappa shape index (κ2) is 5.52. The van der Waals surface area contributed by atoms with Gasteiger partial charge in [-0.25, -0.2) is 4.68 Å². The Morgan fingerprint density at radius 1 is 1.39 bits per heavy atom. The van der Waals surface area contributed by atoms with Crippen LogP contribution in [-0.2, 0) is 14.3 Å². The van der Waals surface area contributed by atoms with Crippen LogP contribution in [0, 0.1) is 4.77 Å². The lowest BCUT2D eigenvalue weighted by Gasteiger charge is -2.25. The minimum Gasteiger partial charge on any atom is -0.497 e. The topological polar surface area (TPSA) is 80.4 Å². The largest absolute Gasteiger partial charge is 0.497 e. The molecule has 0 N–H and O–H groups in total. The van der Waals surface area contributed by atoms with Crippen LogP contribution < -0.4 is 4.74 Å². The Balaban J connectivity index is 1.71. The van der Waals surface area contributed by atoms with E-state index < -0.39 is 6.29 Å². The molecule has 0 radical (unpaired) electrons. The molecule has 2 saturated heterocycles. The average Bonchev–Trinajstić information content (AvgIpc) is 3.17. The first-order chi connectivity index (χ1) is 11.2. The molecule has 0 spiro atoms. The first kappa shape index (κ1) is 14.5. The van der Waals surface area contributed by atoms with Crippen LogP contribution in [0.1, 0.15) is 12.5 Å². The van der Waals surface area contributed by atoms with Crippen molar-refractivity contribution in [3.8, 4) is 11.4 Å². The number of carbonyl (C=O) groups is 1. The second-order valence-electron chi connectivity index (χ2n) is 5.40. The van der Waals surface area contributed by atoms with E-state index in [2.05, 4.69) is 10.4 Å². The predicted molar refractivity (Wildman–Crippen MR) is 80.0 cm³/mol. The van der Waals surface area contributed by atoms with Crippen molar-refractivity contribution in [1.82, 2.24) is 19.8 Å². The van der Waals surface area contributed by atoms with Crippen LogP contribution >= 0.6 is 12.2 Å². The summed E-state index contributed by atoms with van der Waals surface area (Å²) in [4.78, 5) is 11.9. The Labute approximate surface area is 136 Å². The highest BCUT2D eigenvalue weighted by atomic mass is 32.1. The number of Topliss-reactive ketones (excluding diaryl/α,β-unsaturated/α-hetero) is 1. The third-order valence-corrected chi connectivity index (χ3v) is 4.39. The van der Waals surface area contributed by atoms with Gasteiger partial charge in [-0.05, 0) is 34.8 Å². The number of rotatable bonds is 3. The molecular formula is C14H14N4O4S. The fourth-order valence-electron chi connectivity index (χ4n) is 2.84. The lowest BCUT2D eigenvalue weighted by atomic mass is 10.0. The maximum Gasteiger partial charge on any atom is 0.221 e. The van der Waals surface area contributed by atoms with Crippen molar-refractivity contribution in [3.63, 3.8) is 0 Å². The normalized spacial score (nSPS) is 26.5. The Kier molecular flexibility index (Phi) is 3.47. The standard InChI is InChI=1S/C14H14N4O4S/c1-20-9-4-2-3-8(5-9)17-14(23)18(16-15-17)10-6-11(19)13-21-7-12(10)22-13/h2-5,10,12-13H,6-7H2,1H3/t10-,12-,13+/m1/s1. The summed E-state index contributed by atoms with van der Waals surface area (Å²) in [6.45, 7) is 0.356. The summed E-state index contributed by atoms with van der Waals surface area (Å²) in [5.41, 5.74) is 0.740. The van der Waals surface area contributed by atoms with E-state index in [1.54, 1.807) is 11.8 Å². The zero-order valence-corrected chi connectivity index (χ0v) is 13.1. The molecule has 0 amide bonds. The maximum atomic E-state index is 11.9. The van der Waals surface area contributed by atoms with Gasteiger partial charge in [0.15, 0.2) is 5.78 Å². The highest BCUT2D eigenvalue weighted by molar-refractivity contribution is 7.71. The van der Waals surface area contributed by atoms with E-state index >= 15 is 0 Å². The molecule has 2 aromatic rings. The molecule has 1 aromatic carbocycles. The highest BCUT2D eigenvalue weighted by Crippen LogP contribution is 2.32. The fraction of sp³-hybridized carbons (Fsp3) is 0.429. The number of fused-ring (bicyclic) bond motifs is 2. The number of aromatic nitrogens is 4. The van der Waals surface area contributed by atoms with Crippen molar-refractivity contribution in [2.24, 2.45) is 0 Å². The molecule has 0 aliphatic carbocycles. The molecule has 3 atom stereocenters. The minimum absolute atomic E-state index is 0.0958. The molecule has 23 heavy (non-hydrogen) atoms. The predicted octanol–water partition coefficient (Wildman–Crippen LogP) is 1.06. The Hall–Kier alpha value is -2.10. The number of hydrogen-bond acceptors (Lipinski definition) is 7. The number of ketones is 1. The van der Waals surface area contributed by atoms with Crippen LogP contribution in [0.2, 0.25) is 0 Å². The lowest BCUT2D eigenvalue weighted by molar-refractivity contribution is -0.156. The number of tetrazole rings is 1. The van der Waals surface area contributed by atoms with Crippen LogP contribution in [0.15, 0.2) is 24.3 Å². The quantitative estimate of drug-likeness (QED) is 0.777. The number of ether oxygens (including phenoxy) is 3. The zero-order valence-electron chi connectivity index (χ0n) is 12.3. The van der Waals surface area contributed by atoms with Gasteiger partial charge in [0.1, 0.15) is 11.9 Å². The first-order valence-electron chi connectivity index (χ1n) is 7.16. The molecule has 2 fully saturated rings. The van der Waals surface area contributed by atoms with Gasteiger partial charge in [0.05, 0.1) is 25.4 Å². The molecule has 1 aromatic heterocycles. The summed E-state index contributed by atoms with van der Waals surface area (Å²) in [5.74, 6) is 0.601. The summed E-state index contributed by atoms with van der Waals surface area (Å²) >= 11 is 5.47. The third kappa shape index (κ3) is 2.37. The maximum absolute atomic E-state index is 11.9. The summed E-state index contributed by atoms with van der Waals surface area (Å²) in [6.07, 6.45) is -0.695. The number of carbonyl (C=O) groups excluding carboxylic acids is 1. The van der Waals surface area contributed by atoms with Gasteiger partial charge >= 0.3 is 0 Å². The zero-order chi connectivity index (χ0) is 16.0. The fourth-order valence-corrected chi connectivity index (χ4v) is 3.15. The molecular weight excluding hydrogens is 320 g/mol. The van der Waals surface area contributed by atoms with E-state index in [9.17, 15) is 4.79 Å². The van der Waals surface area contributed by atoms with E-state index in [0.717, 1.165) is 5.69 Å². The molecule has 9 heteroatoms. The molecule has 4 rings (SSSR count). The molecule has 120 valence electrons. The number of benzene rings is 1. The molecule has 2 bridgehead atoms. The molecule has 0 saturated carbocycles. The van der Waals surface area contributed by atoms with E-state index in [4.69, 9.17) is 26.4 Å². The third-order valence-electron chi connectivity index (χ3n) is 4.03. The SMILES string of the molecule is COc1cccc(-n2nnn([C@@H]3CC(=O)[C@H]4OC[C@H]3O4)c2=S)c1. The van der Waals surface area contributed by atoms with Crippen LogP contribution in [0.5, 0.6) is 5.75 Å². The monoisotopic (exact) mass is 334 g/mol. The van der Waals surface area contributed by atoms with Crippen molar-refractivity contribution in [2.45, 2.75) is 24.9 Å². The van der Waals surface area contributed by atoms with Crippen LogP contribution in [0.4, 0.5) is 0 Å². The van der Waals surface area contributed by atoms with E-state index in [0.29, 0.717) is 17.1 Å². The minimum atomic E-state index is -0.737. The van der Waals surface area contributed by atoms with Crippen molar-refractivity contribution in [1.29, 1.82) is 0 Å². The van der Waals surface area contributed by atoms with Crippen LogP contribution in [0.3, 0.4) is 0 Å². The van der Waals surface area contributed by atoms with E-state index in [-0.39, 0.29) is 24.3 Å². The Morgan fingerprint density at radius 3 is 3.09 bits per heavy atom. The second-order valence-corrected chi connectivity index (χ2v) is 5.76. The van der Waals surface area contributed by atoms with Gasteiger partial charge in [-0.15, -0.1) is 0 Å². The average molecular weight is 334 g/mol. The van der Waals surface area contributed by atoms with Crippen molar-refractivity contribution >= 4 is 18.0 Å². The van der Waals surface area contributed by atoms with Crippen molar-refractivity contribution in [2.75, 3.05) is 13.7 Å². The van der Waals surface area contributed by atoms with Gasteiger partial charge < -0.3 is 14.2 Å². The van der Waals surface area contributed by atoms with Gasteiger partial charge in [0, 0.05) is 12.5 Å². The van der Waals surface area contributed by atoms with E-state index in [1.165, 1.54) is 4.68 Å². The van der Waals surface area contributed by atoms with Gasteiger partial charge in [-0.3, -0.25) is 4.79 Å². The van der Waals surface area contributed by atoms with Crippen molar-refractivity contribution < 1.29 is 19.0 Å². The summed E-state index contributed by atoms with van der Waals surface area (Å²) < 4.78 is 19.6. The summed E-state index contributed by atoms with van der Waals surface area (Å²) in [7, 11) is 1.59. The number of nitrogens with zero attached hydrogens (tertiary/aromatic N) is 4. The molecule has 3 heterocycles. The smallest absolute Gasteiger partial charge is 0.221 e. The molecule has 2 aliphatic heterocycles. The van der Waals surface area contributed by atoms with Gasteiger partial charge in [0.2, 0.25) is 11.1 Å². The molecule has 2 aliphatic rings. The van der Waals surface area contributed by atoms with Gasteiger partial charge in [0.25, 0.3) is 0 Å². The lowest BCUT2D eigenvalue weighted by Crippen LogP contribution is -2.37. The van der Waals surface area contributed by atoms with Gasteiger partial charge in [-0.2, -0.15) is 4.68 Å². The molecule has 8 nitrogen and oxygen atoms in total. The Morgan fingerprint density at radius 2 is 2.26 bits per heavy atom. The number of methoxy groups -OCH3 is 1. The first-order valence-corrected chi connectivity index (χ1v) is 7.57.